The van der Waals surface area contributed by atoms with Crippen LogP contribution in [-0.4, -0.2) is 126 Å². The molecule has 42 heavy (non-hydrogen) atoms. The second-order valence-electron chi connectivity index (χ2n) is 1.34. The van der Waals surface area contributed by atoms with Gasteiger partial charge >= 0.3 is 454 Å². The van der Waals surface area contributed by atoms with Gasteiger partial charge in [-0.2, -0.15) is 0 Å². The first-order chi connectivity index (χ1) is 10.4. The van der Waals surface area contributed by atoms with Gasteiger partial charge in [-0.15, -0.1) is 0 Å². The molecule has 0 aromatic carbocycles. The van der Waals surface area contributed by atoms with E-state index in [-0.39, 0.29) is 297 Å². The van der Waals surface area contributed by atoms with Crippen LogP contribution >= 0.6 is 0 Å². The van der Waals surface area contributed by atoms with Crippen molar-refractivity contribution in [1.29, 1.82) is 0 Å². The summed E-state index contributed by atoms with van der Waals surface area (Å²) in [4.78, 5) is 0. The van der Waals surface area contributed by atoms with Crippen LogP contribution in [0.25, 0.3) is 0 Å². The van der Waals surface area contributed by atoms with E-state index < -0.39 is 126 Å². The van der Waals surface area contributed by atoms with Crippen molar-refractivity contribution in [3.05, 3.63) is 0 Å². The van der Waals surface area contributed by atoms with E-state index >= 15 is 0 Å². The molecule has 0 aromatic heterocycles. The Morgan fingerprint density at radius 2 is 0.190 bits per heavy atom. The molecule has 0 bridgehead atoms. The van der Waals surface area contributed by atoms with E-state index in [2.05, 4.69) is 0 Å². The minimum absolute atomic E-state index is 0. The molecule has 0 fully saturated rings. The van der Waals surface area contributed by atoms with Gasteiger partial charge in [-0.05, 0) is 0 Å². The molecule has 0 amide bonds. The molecular formula is H6Ag12F6O18Sb6. The quantitative estimate of drug-likeness (QED) is 0.161. The van der Waals surface area contributed by atoms with Crippen LogP contribution < -0.4 is 40.6 Å². The average molecular weight is 2430 g/mol. The number of rotatable bonds is 0. The molecule has 0 saturated carbocycles. The predicted octanol–water partition coefficient (Wildman–Crippen LogP) is -16.4. The summed E-state index contributed by atoms with van der Waals surface area (Å²) < 4.78 is 155. The molecule has 0 aliphatic heterocycles. The number of hydrogen-bond acceptors (Lipinski definition) is 18. The molecule has 0 atom stereocenters. The van der Waals surface area contributed by atoms with E-state index in [4.69, 9.17) is 58.7 Å². The van der Waals surface area contributed by atoms with Gasteiger partial charge in [0.15, 0.2) is 0 Å². The van der Waals surface area contributed by atoms with Gasteiger partial charge < -0.3 is 0 Å². The first kappa shape index (κ1) is 169. The number of hydrogen-bond donors (Lipinski definition) is 0. The number of halogens is 6. The Labute approximate surface area is 469 Å². The van der Waals surface area contributed by atoms with Gasteiger partial charge in [0.05, 0.1) is 0 Å². The van der Waals surface area contributed by atoms with Crippen LogP contribution in [0.15, 0.2) is 0 Å². The molecule has 42 heteroatoms. The van der Waals surface area contributed by atoms with Crippen molar-refractivity contribution in [2.24, 2.45) is 0 Å². The van der Waals surface area contributed by atoms with Crippen LogP contribution in [0, 0.1) is 0 Å². The van der Waals surface area contributed by atoms with E-state index in [1.54, 1.807) is 0 Å². The van der Waals surface area contributed by atoms with Crippen molar-refractivity contribution in [3.63, 3.8) is 0 Å². The summed E-state index contributed by atoms with van der Waals surface area (Å²) >= 11 is -25.2. The Balaban J connectivity index is -0.00000000388. The van der Waals surface area contributed by atoms with Crippen LogP contribution in [-0.2, 0) is 287 Å². The van der Waals surface area contributed by atoms with Gasteiger partial charge in [-0.25, -0.2) is 0 Å². The molecule has 0 unspecified atom stereocenters. The van der Waals surface area contributed by atoms with Crippen LogP contribution in [0.3, 0.4) is 0 Å². The summed E-state index contributed by atoms with van der Waals surface area (Å²) in [6.45, 7) is 0. The third-order valence-electron chi connectivity index (χ3n) is 0. The topological polar surface area (TPSA) is 379 Å². The van der Waals surface area contributed by atoms with Crippen LogP contribution in [0.2, 0.25) is 0 Å². The molecule has 0 aromatic rings. The van der Waals surface area contributed by atoms with Crippen LogP contribution in [0.5, 0.6) is 0 Å². The van der Waals surface area contributed by atoms with E-state index in [0.717, 1.165) is 0 Å². The fraction of sp³-hybridized carbons (Fsp3) is 0. The zero-order chi connectivity index (χ0) is 21.5. The Morgan fingerprint density at radius 1 is 0.190 bits per heavy atom. The van der Waals surface area contributed by atoms with Gasteiger partial charge in [0, 0.05) is 0 Å². The molecule has 318 valence electrons. The average Bonchev–Trinajstić information content (AvgIpc) is 2.08. The van der Waals surface area contributed by atoms with Crippen molar-refractivity contribution in [2.45, 2.75) is 0 Å². The van der Waals surface area contributed by atoms with E-state index in [9.17, 15) is 0 Å². The maximum absolute atomic E-state index is 8.60. The normalized spacial score (nSPS) is 3.71. The van der Waals surface area contributed by atoms with Gasteiger partial charge in [-0.1, -0.05) is 0 Å². The van der Waals surface area contributed by atoms with Crippen molar-refractivity contribution in [3.8, 4) is 0 Å². The van der Waals surface area contributed by atoms with Crippen molar-refractivity contribution < 1.29 is 356 Å². The molecule has 0 aliphatic rings. The summed E-state index contributed by atoms with van der Waals surface area (Å²) in [6.07, 6.45) is 0. The molecular weight excluding hydrogens is 2430 g/mol. The zero-order valence-electron chi connectivity index (χ0n) is 16.1. The SMILES string of the molecule is F.F.F.F.F.F.[Ag+].[Ag+].[Ag+].[Ag+].[Ag+].[Ag+].[Ag+].[Ag+].[Ag+].[Ag+].[Ag+].[Ag+].[O]=[Sb]([O-])[O-].[O]=[Sb]([O-])[O-].[O]=[Sb]([O-])[O-].[O]=[Sb]([O-])[O-].[O]=[Sb]([O-])[O-].[O]=[Sb]([O-])[O-]. The molecule has 18 nitrogen and oxygen atoms in total. The predicted molar refractivity (Wildman–Crippen MR) is 53.7 cm³/mol. The van der Waals surface area contributed by atoms with Gasteiger partial charge in [0.2, 0.25) is 0 Å². The molecule has 0 N–H and O–H groups in total. The van der Waals surface area contributed by atoms with Crippen LogP contribution in [0.1, 0.15) is 0 Å². The fourth-order valence-electron chi connectivity index (χ4n) is 0. The van der Waals surface area contributed by atoms with Crippen molar-refractivity contribution in [2.75, 3.05) is 0 Å². The standard InChI is InChI=1S/12Ag.6FH.18O.6Sb/h;;;;;;;;;;;;6*1H;;;;;;;;;;;;;;;;;;;;;;;;/q12*+1;;;;;;;;;;;;;12*-1;;;;;;. The van der Waals surface area contributed by atoms with Crippen LogP contribution in [0.4, 0.5) is 28.2 Å². The monoisotopic (exact) mass is 2420 g/mol. The fourth-order valence-corrected chi connectivity index (χ4v) is 0. The summed E-state index contributed by atoms with van der Waals surface area (Å²) in [7, 11) is 0. The third kappa shape index (κ3) is 972. The van der Waals surface area contributed by atoms with E-state index in [1.807, 2.05) is 0 Å². The first-order valence-electron chi connectivity index (χ1n) is 3.29. The second-order valence-corrected chi connectivity index (χ2v) is 9.00. The summed E-state index contributed by atoms with van der Waals surface area (Å²) in [5.74, 6) is 0. The van der Waals surface area contributed by atoms with E-state index in [1.165, 1.54) is 0 Å². The summed E-state index contributed by atoms with van der Waals surface area (Å²) in [5, 5.41) is 0. The Kier molecular flexibility index (Phi) is 643. The molecule has 0 heterocycles. The van der Waals surface area contributed by atoms with Gasteiger partial charge in [-0.3, -0.25) is 28.2 Å². The molecule has 0 rings (SSSR count). The third-order valence-corrected chi connectivity index (χ3v) is 0. The zero-order valence-corrected chi connectivity index (χ0v) is 49.2. The molecule has 0 aliphatic carbocycles. The molecule has 6 radical (unpaired) electrons. The second kappa shape index (κ2) is 160. The first-order valence-corrected chi connectivity index (χ1v) is 22.0. The maximum atomic E-state index is 8.60. The summed E-state index contributed by atoms with van der Waals surface area (Å²) in [5.41, 5.74) is 0. The molecule has 0 saturated heterocycles. The Hall–Kier alpha value is 11.7. The Bertz CT molecular complexity index is 309. The molecule has 0 spiro atoms. The van der Waals surface area contributed by atoms with Gasteiger partial charge in [0.25, 0.3) is 0 Å². The van der Waals surface area contributed by atoms with E-state index in [0.29, 0.717) is 0 Å². The van der Waals surface area contributed by atoms with Gasteiger partial charge in [0.1, 0.15) is 0 Å². The summed E-state index contributed by atoms with van der Waals surface area (Å²) in [6, 6.07) is 0. The van der Waals surface area contributed by atoms with Crippen molar-refractivity contribution >= 4 is 126 Å². The minimum atomic E-state index is -4.20. The van der Waals surface area contributed by atoms with Crippen molar-refractivity contribution in [1.82, 2.24) is 0 Å². The Morgan fingerprint density at radius 3 is 0.190 bits per heavy atom.